The molecule has 0 atom stereocenters. The van der Waals surface area contributed by atoms with Gasteiger partial charge in [0.05, 0.1) is 17.6 Å². The van der Waals surface area contributed by atoms with Gasteiger partial charge in [-0.3, -0.25) is 9.78 Å². The molecule has 0 saturated heterocycles. The molecule has 0 radical (unpaired) electrons. The number of nitrogen functional groups attached to an aromatic ring is 1. The molecule has 1 fully saturated rings. The Morgan fingerprint density at radius 3 is 2.43 bits per heavy atom. The van der Waals surface area contributed by atoms with Crippen molar-refractivity contribution < 1.29 is 4.79 Å². The van der Waals surface area contributed by atoms with Crippen LogP contribution >= 0.6 is 0 Å². The topological polar surface area (TPSA) is 59.2 Å². The zero-order valence-corrected chi connectivity index (χ0v) is 13.6. The molecule has 4 heteroatoms. The van der Waals surface area contributed by atoms with Crippen LogP contribution in [0.1, 0.15) is 46.5 Å². The van der Waals surface area contributed by atoms with E-state index in [1.54, 1.807) is 23.4 Å². The molecule has 21 heavy (non-hydrogen) atoms. The van der Waals surface area contributed by atoms with E-state index in [2.05, 4.69) is 25.8 Å². The molecule has 1 heterocycles. The summed E-state index contributed by atoms with van der Waals surface area (Å²) in [5.41, 5.74) is 7.56. The Morgan fingerprint density at radius 1 is 1.29 bits per heavy atom. The van der Waals surface area contributed by atoms with E-state index in [1.165, 1.54) is 0 Å². The molecule has 0 unspecified atom stereocenters. The minimum Gasteiger partial charge on any atom is -0.396 e. The zero-order valence-electron chi connectivity index (χ0n) is 13.6. The molecular formula is C17H27N3O. The molecule has 1 aliphatic rings. The molecule has 0 bridgehead atoms. The van der Waals surface area contributed by atoms with Gasteiger partial charge < -0.3 is 10.6 Å². The maximum absolute atomic E-state index is 12.7. The summed E-state index contributed by atoms with van der Waals surface area (Å²) >= 11 is 0. The Morgan fingerprint density at radius 2 is 1.90 bits per heavy atom. The predicted octanol–water partition coefficient (Wildman–Crippen LogP) is 3.48. The van der Waals surface area contributed by atoms with Crippen molar-refractivity contribution in [2.24, 2.45) is 17.3 Å². The van der Waals surface area contributed by atoms with E-state index in [4.69, 9.17) is 5.73 Å². The fraction of sp³-hybridized carbons (Fsp3) is 0.647. The Hall–Kier alpha value is -1.58. The average Bonchev–Trinajstić information content (AvgIpc) is 2.45. The summed E-state index contributed by atoms with van der Waals surface area (Å²) in [7, 11) is 1.81. The van der Waals surface area contributed by atoms with E-state index < -0.39 is 0 Å². The Balaban J connectivity index is 2.01. The summed E-state index contributed by atoms with van der Waals surface area (Å²) in [5, 5.41) is 0. The first-order chi connectivity index (χ1) is 9.80. The zero-order chi connectivity index (χ0) is 15.6. The van der Waals surface area contributed by atoms with Crippen molar-refractivity contribution in [3.05, 3.63) is 18.5 Å². The third kappa shape index (κ3) is 3.55. The molecule has 1 aromatic heterocycles. The number of anilines is 2. The lowest BCUT2D eigenvalue weighted by Crippen LogP contribution is -2.37. The number of carbonyl (C=O) groups excluding carboxylic acids is 1. The number of nitrogens with zero attached hydrogens (tertiary/aromatic N) is 2. The third-order valence-corrected chi connectivity index (χ3v) is 4.82. The van der Waals surface area contributed by atoms with Crippen LogP contribution in [0.15, 0.2) is 18.5 Å². The van der Waals surface area contributed by atoms with Crippen LogP contribution in [0.4, 0.5) is 11.4 Å². The fourth-order valence-electron chi connectivity index (χ4n) is 3.30. The van der Waals surface area contributed by atoms with E-state index in [-0.39, 0.29) is 11.8 Å². The molecule has 1 saturated carbocycles. The van der Waals surface area contributed by atoms with Crippen LogP contribution in [0.2, 0.25) is 0 Å². The summed E-state index contributed by atoms with van der Waals surface area (Å²) in [4.78, 5) is 18.3. The van der Waals surface area contributed by atoms with Crippen LogP contribution in [0.3, 0.4) is 0 Å². The molecule has 4 nitrogen and oxygen atoms in total. The third-order valence-electron chi connectivity index (χ3n) is 4.82. The van der Waals surface area contributed by atoms with Crippen LogP contribution in [0, 0.1) is 17.3 Å². The maximum Gasteiger partial charge on any atom is 0.229 e. The van der Waals surface area contributed by atoms with Crippen molar-refractivity contribution in [1.29, 1.82) is 0 Å². The molecular weight excluding hydrogens is 262 g/mol. The van der Waals surface area contributed by atoms with Crippen LogP contribution < -0.4 is 10.6 Å². The number of carbonyl (C=O) groups is 1. The first kappa shape index (κ1) is 15.8. The van der Waals surface area contributed by atoms with Crippen LogP contribution in [0.25, 0.3) is 0 Å². The largest absolute Gasteiger partial charge is 0.396 e. The summed E-state index contributed by atoms with van der Waals surface area (Å²) in [6.07, 6.45) is 7.51. The van der Waals surface area contributed by atoms with E-state index in [0.29, 0.717) is 11.1 Å². The first-order valence-electron chi connectivity index (χ1n) is 7.77. The normalized spacial score (nSPS) is 22.9. The average molecular weight is 289 g/mol. The maximum atomic E-state index is 12.7. The van der Waals surface area contributed by atoms with Crippen LogP contribution in [-0.4, -0.2) is 17.9 Å². The van der Waals surface area contributed by atoms with Crippen molar-refractivity contribution in [3.63, 3.8) is 0 Å². The molecule has 0 aliphatic heterocycles. The smallest absolute Gasteiger partial charge is 0.229 e. The van der Waals surface area contributed by atoms with E-state index in [9.17, 15) is 4.79 Å². The molecule has 1 amide bonds. The van der Waals surface area contributed by atoms with E-state index >= 15 is 0 Å². The van der Waals surface area contributed by atoms with Gasteiger partial charge in [-0.15, -0.1) is 0 Å². The monoisotopic (exact) mass is 289 g/mol. The molecule has 1 aromatic rings. The van der Waals surface area contributed by atoms with Gasteiger partial charge in [0.25, 0.3) is 0 Å². The van der Waals surface area contributed by atoms with Crippen LogP contribution in [-0.2, 0) is 4.79 Å². The summed E-state index contributed by atoms with van der Waals surface area (Å²) in [6, 6.07) is 1.80. The highest BCUT2D eigenvalue weighted by atomic mass is 16.2. The fourth-order valence-corrected chi connectivity index (χ4v) is 3.30. The van der Waals surface area contributed by atoms with Crippen molar-refractivity contribution in [2.75, 3.05) is 17.7 Å². The lowest BCUT2D eigenvalue weighted by atomic mass is 9.69. The second-order valence-electron chi connectivity index (χ2n) is 7.25. The molecule has 2 N–H and O–H groups in total. The summed E-state index contributed by atoms with van der Waals surface area (Å²) < 4.78 is 0. The number of hydrogen-bond acceptors (Lipinski definition) is 3. The SMILES string of the molecule is CN(C(=O)C1CCC(C(C)(C)C)CC1)c1ccncc1N. The predicted molar refractivity (Wildman–Crippen MR) is 87.0 cm³/mol. The van der Waals surface area contributed by atoms with Gasteiger partial charge in [-0.25, -0.2) is 0 Å². The van der Waals surface area contributed by atoms with E-state index in [1.807, 2.05) is 7.05 Å². The first-order valence-corrected chi connectivity index (χ1v) is 7.77. The van der Waals surface area contributed by atoms with E-state index in [0.717, 1.165) is 37.3 Å². The van der Waals surface area contributed by atoms with Crippen molar-refractivity contribution in [2.45, 2.75) is 46.5 Å². The Kier molecular flexibility index (Phi) is 4.55. The van der Waals surface area contributed by atoms with Crippen molar-refractivity contribution >= 4 is 17.3 Å². The van der Waals surface area contributed by atoms with Gasteiger partial charge in [-0.05, 0) is 43.1 Å². The molecule has 0 aromatic carbocycles. The number of aromatic nitrogens is 1. The van der Waals surface area contributed by atoms with Crippen molar-refractivity contribution in [1.82, 2.24) is 4.98 Å². The van der Waals surface area contributed by atoms with Gasteiger partial charge in [-0.2, -0.15) is 0 Å². The van der Waals surface area contributed by atoms with Gasteiger partial charge in [0.2, 0.25) is 5.91 Å². The number of amides is 1. The van der Waals surface area contributed by atoms with Crippen LogP contribution in [0.5, 0.6) is 0 Å². The summed E-state index contributed by atoms with van der Waals surface area (Å²) in [5.74, 6) is 1.03. The number of rotatable bonds is 2. The number of nitrogens with two attached hydrogens (primary N) is 1. The molecule has 116 valence electrons. The highest BCUT2D eigenvalue weighted by Crippen LogP contribution is 2.40. The minimum atomic E-state index is 0.126. The minimum absolute atomic E-state index is 0.126. The van der Waals surface area contributed by atoms with Gasteiger partial charge in [0.1, 0.15) is 0 Å². The van der Waals surface area contributed by atoms with Crippen molar-refractivity contribution in [3.8, 4) is 0 Å². The summed E-state index contributed by atoms with van der Waals surface area (Å²) in [6.45, 7) is 6.89. The highest BCUT2D eigenvalue weighted by Gasteiger charge is 2.33. The lowest BCUT2D eigenvalue weighted by Gasteiger charge is -2.37. The standard InChI is InChI=1S/C17H27N3O/c1-17(2,3)13-7-5-12(6-8-13)16(21)20(4)15-9-10-19-11-14(15)18/h9-13H,5-8,18H2,1-4H3. The van der Waals surface area contributed by atoms with Gasteiger partial charge >= 0.3 is 0 Å². The quantitative estimate of drug-likeness (QED) is 0.906. The molecule has 1 aliphatic carbocycles. The Labute approximate surface area is 127 Å². The molecule has 2 rings (SSSR count). The van der Waals surface area contributed by atoms with Gasteiger partial charge in [0, 0.05) is 19.2 Å². The number of hydrogen-bond donors (Lipinski definition) is 1. The van der Waals surface area contributed by atoms with Gasteiger partial charge in [-0.1, -0.05) is 20.8 Å². The second-order valence-corrected chi connectivity index (χ2v) is 7.25. The molecule has 0 spiro atoms. The Bertz CT molecular complexity index is 499. The number of pyridine rings is 1. The van der Waals surface area contributed by atoms with Gasteiger partial charge in [0.15, 0.2) is 0 Å². The lowest BCUT2D eigenvalue weighted by molar-refractivity contribution is -0.123. The highest BCUT2D eigenvalue weighted by molar-refractivity contribution is 5.97. The second kappa shape index (κ2) is 6.04.